The minimum atomic E-state index is -0.989. The lowest BCUT2D eigenvalue weighted by molar-refractivity contribution is -0.140. The molecular formula is C35H29N3O3. The van der Waals surface area contributed by atoms with Crippen molar-refractivity contribution in [2.45, 2.75) is 30.7 Å². The van der Waals surface area contributed by atoms with E-state index in [0.29, 0.717) is 6.42 Å². The average molecular weight is 540 g/mol. The summed E-state index contributed by atoms with van der Waals surface area (Å²) in [4.78, 5) is 42.6. The molecule has 2 unspecified atom stereocenters. The molecule has 0 saturated carbocycles. The van der Waals surface area contributed by atoms with Gasteiger partial charge in [-0.05, 0) is 39.8 Å². The zero-order valence-electron chi connectivity index (χ0n) is 22.4. The van der Waals surface area contributed by atoms with Crippen LogP contribution in [0.15, 0.2) is 114 Å². The summed E-state index contributed by atoms with van der Waals surface area (Å²) in [6, 6.07) is 35.6. The highest BCUT2D eigenvalue weighted by Crippen LogP contribution is 2.63. The van der Waals surface area contributed by atoms with Gasteiger partial charge in [0.25, 0.3) is 0 Å². The first kappa shape index (κ1) is 25.1. The summed E-state index contributed by atoms with van der Waals surface area (Å²) in [6.45, 7) is 0.231. The van der Waals surface area contributed by atoms with Crippen molar-refractivity contribution in [3.8, 4) is 0 Å². The summed E-state index contributed by atoms with van der Waals surface area (Å²) in [5, 5.41) is 4.49. The van der Waals surface area contributed by atoms with E-state index in [1.807, 2.05) is 97.1 Å². The van der Waals surface area contributed by atoms with Gasteiger partial charge in [0.1, 0.15) is 0 Å². The summed E-state index contributed by atoms with van der Waals surface area (Å²) in [5.41, 5.74) is 7.73. The van der Waals surface area contributed by atoms with Crippen LogP contribution >= 0.6 is 0 Å². The van der Waals surface area contributed by atoms with Crippen molar-refractivity contribution < 1.29 is 14.4 Å². The number of nitrogens with zero attached hydrogens (tertiary/aromatic N) is 2. The lowest BCUT2D eigenvalue weighted by Crippen LogP contribution is -2.54. The molecule has 8 rings (SSSR count). The van der Waals surface area contributed by atoms with Crippen molar-refractivity contribution in [3.63, 3.8) is 0 Å². The Kier molecular flexibility index (Phi) is 6.11. The van der Waals surface area contributed by atoms with E-state index in [1.165, 1.54) is 4.90 Å². The Hall–Kier alpha value is -4.84. The molecule has 41 heavy (non-hydrogen) atoms. The van der Waals surface area contributed by atoms with Gasteiger partial charge in [-0.1, -0.05) is 109 Å². The van der Waals surface area contributed by atoms with Gasteiger partial charge in [-0.25, -0.2) is 5.43 Å². The average Bonchev–Trinajstić information content (AvgIpc) is 3.27. The molecule has 0 aromatic heterocycles. The number of imide groups is 1. The Balaban J connectivity index is 1.29. The van der Waals surface area contributed by atoms with Gasteiger partial charge in [-0.15, -0.1) is 0 Å². The predicted molar refractivity (Wildman–Crippen MR) is 156 cm³/mol. The van der Waals surface area contributed by atoms with Gasteiger partial charge in [0.2, 0.25) is 17.7 Å². The highest BCUT2D eigenvalue weighted by atomic mass is 16.2. The van der Waals surface area contributed by atoms with Gasteiger partial charge >= 0.3 is 0 Å². The fourth-order valence-electron chi connectivity index (χ4n) is 7.20. The normalized spacial score (nSPS) is 23.8. The van der Waals surface area contributed by atoms with E-state index in [2.05, 4.69) is 22.7 Å². The molecule has 0 spiro atoms. The molecule has 1 fully saturated rings. The highest BCUT2D eigenvalue weighted by molar-refractivity contribution is 6.11. The zero-order chi connectivity index (χ0) is 28.0. The van der Waals surface area contributed by atoms with E-state index >= 15 is 0 Å². The van der Waals surface area contributed by atoms with Crippen molar-refractivity contribution in [1.29, 1.82) is 0 Å². The molecule has 3 amide bonds. The first-order valence-electron chi connectivity index (χ1n) is 14.0. The van der Waals surface area contributed by atoms with Gasteiger partial charge in [-0.2, -0.15) is 5.10 Å². The topological polar surface area (TPSA) is 78.8 Å². The van der Waals surface area contributed by atoms with Crippen LogP contribution in [0, 0.1) is 11.8 Å². The van der Waals surface area contributed by atoms with Crippen LogP contribution in [-0.4, -0.2) is 28.8 Å². The first-order chi connectivity index (χ1) is 20.1. The maximum Gasteiger partial charge on any atom is 0.240 e. The maximum atomic E-state index is 14.3. The zero-order valence-corrected chi connectivity index (χ0v) is 22.4. The number of benzene rings is 4. The Morgan fingerprint density at radius 1 is 0.756 bits per heavy atom. The quantitative estimate of drug-likeness (QED) is 0.205. The van der Waals surface area contributed by atoms with Crippen LogP contribution in [0.3, 0.4) is 0 Å². The molecular weight excluding hydrogens is 510 g/mol. The number of rotatable bonds is 7. The molecule has 202 valence electrons. The molecule has 3 aliphatic carbocycles. The molecule has 4 aromatic rings. The molecule has 2 bridgehead atoms. The summed E-state index contributed by atoms with van der Waals surface area (Å²) < 4.78 is 0. The van der Waals surface area contributed by atoms with Crippen LogP contribution in [0.1, 0.15) is 45.7 Å². The van der Waals surface area contributed by atoms with Crippen LogP contribution < -0.4 is 5.43 Å². The Labute approximate surface area is 238 Å². The third-order valence-electron chi connectivity index (χ3n) is 8.90. The standard InChI is InChI=1S/C35H29N3O3/c39-29(20-19-23-11-3-1-4-12-23)37-36-22-35-27-17-9-7-15-25(27)30(26-16-8-10-18-28(26)35)31-32(35)34(41)38(33(31)40)21-24-13-5-2-6-14-24/h1-18,22,30-32H,19-21H2,(H,37,39)/b36-22+. The Morgan fingerprint density at radius 2 is 1.32 bits per heavy atom. The van der Waals surface area contributed by atoms with Gasteiger partial charge in [-0.3, -0.25) is 19.3 Å². The number of amides is 3. The first-order valence-corrected chi connectivity index (χ1v) is 14.0. The number of carbonyl (C=O) groups excluding carboxylic acids is 3. The molecule has 4 aromatic carbocycles. The Morgan fingerprint density at radius 3 is 1.95 bits per heavy atom. The maximum absolute atomic E-state index is 14.3. The van der Waals surface area contributed by atoms with E-state index in [9.17, 15) is 14.4 Å². The number of hydrogen-bond acceptors (Lipinski definition) is 4. The van der Waals surface area contributed by atoms with Crippen molar-refractivity contribution in [1.82, 2.24) is 10.3 Å². The Bertz CT molecular complexity index is 1630. The molecule has 1 N–H and O–H groups in total. The lowest BCUT2D eigenvalue weighted by Gasteiger charge is -2.52. The van der Waals surface area contributed by atoms with Crippen LogP contribution in [0.5, 0.6) is 0 Å². The van der Waals surface area contributed by atoms with Crippen molar-refractivity contribution in [2.24, 2.45) is 16.9 Å². The number of hydrogen-bond donors (Lipinski definition) is 1. The van der Waals surface area contributed by atoms with Crippen molar-refractivity contribution in [3.05, 3.63) is 143 Å². The van der Waals surface area contributed by atoms with Gasteiger partial charge in [0.05, 0.1) is 23.8 Å². The fraction of sp³-hybridized carbons (Fsp3) is 0.200. The molecule has 0 radical (unpaired) electrons. The van der Waals surface area contributed by atoms with E-state index in [-0.39, 0.29) is 36.6 Å². The number of likely N-dealkylation sites (tertiary alicyclic amines) is 1. The molecule has 6 heteroatoms. The monoisotopic (exact) mass is 539 g/mol. The van der Waals surface area contributed by atoms with E-state index < -0.39 is 17.3 Å². The van der Waals surface area contributed by atoms with Gasteiger partial charge < -0.3 is 0 Å². The number of aryl methyl sites for hydroxylation is 1. The van der Waals surface area contributed by atoms with E-state index in [4.69, 9.17) is 0 Å². The van der Waals surface area contributed by atoms with Gasteiger partial charge in [0.15, 0.2) is 0 Å². The molecule has 1 heterocycles. The second-order valence-corrected chi connectivity index (χ2v) is 11.1. The predicted octanol–water partition coefficient (Wildman–Crippen LogP) is 4.97. The largest absolute Gasteiger partial charge is 0.278 e. The number of nitrogens with one attached hydrogen (secondary N) is 1. The minimum absolute atomic E-state index is 0.150. The summed E-state index contributed by atoms with van der Waals surface area (Å²) >= 11 is 0. The van der Waals surface area contributed by atoms with Crippen LogP contribution in [0.4, 0.5) is 0 Å². The van der Waals surface area contributed by atoms with Crippen molar-refractivity contribution >= 4 is 23.9 Å². The fourth-order valence-corrected chi connectivity index (χ4v) is 7.20. The molecule has 6 nitrogen and oxygen atoms in total. The van der Waals surface area contributed by atoms with Crippen LogP contribution in [-0.2, 0) is 32.8 Å². The third kappa shape index (κ3) is 3.93. The summed E-state index contributed by atoms with van der Waals surface area (Å²) in [7, 11) is 0. The number of carbonyl (C=O) groups is 3. The molecule has 2 atom stereocenters. The SMILES string of the molecule is O=C(CCc1ccccc1)N/N=C/C12c3ccccc3C(c3ccccc31)C1C(=O)N(Cc3ccccc3)C(=O)C12. The smallest absolute Gasteiger partial charge is 0.240 e. The minimum Gasteiger partial charge on any atom is -0.278 e. The van der Waals surface area contributed by atoms with Crippen LogP contribution in [0.2, 0.25) is 0 Å². The molecule has 1 saturated heterocycles. The summed E-state index contributed by atoms with van der Waals surface area (Å²) in [5.74, 6) is -1.97. The van der Waals surface area contributed by atoms with Crippen molar-refractivity contribution in [2.75, 3.05) is 0 Å². The number of hydrazone groups is 1. The van der Waals surface area contributed by atoms with E-state index in [0.717, 1.165) is 33.4 Å². The third-order valence-corrected chi connectivity index (χ3v) is 8.90. The second-order valence-electron chi connectivity index (χ2n) is 11.1. The highest BCUT2D eigenvalue weighted by Gasteiger charge is 2.67. The van der Waals surface area contributed by atoms with Crippen LogP contribution in [0.25, 0.3) is 0 Å². The lowest BCUT2D eigenvalue weighted by atomic mass is 9.47. The van der Waals surface area contributed by atoms with Gasteiger partial charge in [0, 0.05) is 18.6 Å². The molecule has 4 aliphatic rings. The summed E-state index contributed by atoms with van der Waals surface area (Å²) in [6.07, 6.45) is 2.61. The van der Waals surface area contributed by atoms with E-state index in [1.54, 1.807) is 6.21 Å². The molecule has 1 aliphatic heterocycles. The second kappa shape index (κ2) is 9.97.